The molecule has 38 heavy (non-hydrogen) atoms. The minimum Gasteiger partial charge on any atom is -0.497 e. The summed E-state index contributed by atoms with van der Waals surface area (Å²) < 4.78 is 20.6. The van der Waals surface area contributed by atoms with Crippen LogP contribution in [0.15, 0.2) is 90.3 Å². The molecule has 0 spiro atoms. The minimum absolute atomic E-state index is 0.313. The van der Waals surface area contributed by atoms with E-state index >= 15 is 0 Å². The van der Waals surface area contributed by atoms with Gasteiger partial charge in [-0.1, -0.05) is 24.3 Å². The molecular formula is C29H26FN5O3. The van der Waals surface area contributed by atoms with Crippen molar-refractivity contribution >= 4 is 29.0 Å². The van der Waals surface area contributed by atoms with Crippen LogP contribution in [0.2, 0.25) is 0 Å². The predicted molar refractivity (Wildman–Crippen MR) is 144 cm³/mol. The van der Waals surface area contributed by atoms with Crippen LogP contribution >= 0.6 is 0 Å². The summed E-state index contributed by atoms with van der Waals surface area (Å²) in [7, 11) is 1.57. The summed E-state index contributed by atoms with van der Waals surface area (Å²) in [5, 5.41) is 13.5. The molecule has 1 aromatic heterocycles. The van der Waals surface area contributed by atoms with Crippen molar-refractivity contribution in [3.8, 4) is 5.75 Å². The molecule has 2 heterocycles. The highest BCUT2D eigenvalue weighted by Crippen LogP contribution is 2.38. The van der Waals surface area contributed by atoms with Gasteiger partial charge in [0.25, 0.3) is 11.8 Å². The Morgan fingerprint density at radius 1 is 0.947 bits per heavy atom. The van der Waals surface area contributed by atoms with Crippen molar-refractivity contribution in [2.75, 3.05) is 23.1 Å². The average Bonchev–Trinajstić information content (AvgIpc) is 3.32. The second-order valence-electron chi connectivity index (χ2n) is 8.98. The van der Waals surface area contributed by atoms with Crippen LogP contribution in [-0.2, 0) is 4.79 Å². The highest BCUT2D eigenvalue weighted by molar-refractivity contribution is 6.09. The third-order valence-corrected chi connectivity index (χ3v) is 6.32. The number of amides is 2. The Hall–Kier alpha value is -4.92. The number of benzene rings is 3. The average molecular weight is 512 g/mol. The van der Waals surface area contributed by atoms with Crippen LogP contribution in [0.5, 0.6) is 5.75 Å². The molecule has 0 unspecified atom stereocenters. The van der Waals surface area contributed by atoms with Gasteiger partial charge in [-0.3, -0.25) is 9.59 Å². The summed E-state index contributed by atoms with van der Waals surface area (Å²) in [6.07, 6.45) is 1.46. The minimum atomic E-state index is -0.703. The number of halogens is 1. The number of carbonyl (C=O) groups excluding carboxylic acids is 2. The van der Waals surface area contributed by atoms with Gasteiger partial charge in [-0.05, 0) is 73.5 Å². The zero-order chi connectivity index (χ0) is 26.8. The maximum Gasteiger partial charge on any atom is 0.261 e. The van der Waals surface area contributed by atoms with Gasteiger partial charge in [0.15, 0.2) is 0 Å². The fourth-order valence-corrected chi connectivity index (χ4v) is 4.46. The Morgan fingerprint density at radius 3 is 2.34 bits per heavy atom. The van der Waals surface area contributed by atoms with Crippen molar-refractivity contribution in [3.63, 3.8) is 0 Å². The van der Waals surface area contributed by atoms with Gasteiger partial charge in [0.2, 0.25) is 0 Å². The first kappa shape index (κ1) is 24.8. The lowest BCUT2D eigenvalue weighted by atomic mass is 9.94. The number of anilines is 3. The van der Waals surface area contributed by atoms with Crippen LogP contribution in [0, 0.1) is 12.7 Å². The summed E-state index contributed by atoms with van der Waals surface area (Å²) in [5.41, 5.74) is 4.14. The Labute approximate surface area is 219 Å². The molecule has 3 N–H and O–H groups in total. The van der Waals surface area contributed by atoms with E-state index in [1.165, 1.54) is 18.3 Å². The lowest BCUT2D eigenvalue weighted by Gasteiger charge is -2.30. The Balaban J connectivity index is 1.52. The summed E-state index contributed by atoms with van der Waals surface area (Å²) in [6.45, 7) is 3.71. The van der Waals surface area contributed by atoms with Gasteiger partial charge >= 0.3 is 0 Å². The zero-order valence-electron chi connectivity index (χ0n) is 21.1. The van der Waals surface area contributed by atoms with E-state index < -0.39 is 11.9 Å². The van der Waals surface area contributed by atoms with E-state index in [1.54, 1.807) is 55.1 Å². The number of nitrogens with zero attached hydrogens (tertiary/aromatic N) is 2. The number of aryl methyl sites for hydroxylation is 1. The number of carbonyl (C=O) groups is 2. The summed E-state index contributed by atoms with van der Waals surface area (Å²) in [5.74, 6) is -0.00313. The number of allylic oxidation sites excluding steroid dienone is 1. The molecule has 1 aliphatic heterocycles. The summed E-state index contributed by atoms with van der Waals surface area (Å²) in [6, 6.07) is 19.6. The molecule has 1 atom stereocenters. The van der Waals surface area contributed by atoms with E-state index in [9.17, 15) is 14.0 Å². The van der Waals surface area contributed by atoms with Crippen LogP contribution in [0.1, 0.15) is 34.5 Å². The van der Waals surface area contributed by atoms with E-state index in [1.807, 2.05) is 31.2 Å². The number of aromatic nitrogens is 2. The molecule has 192 valence electrons. The number of hydrogen-bond donors (Lipinski definition) is 3. The Kier molecular flexibility index (Phi) is 6.66. The van der Waals surface area contributed by atoms with Gasteiger partial charge in [0, 0.05) is 17.1 Å². The molecule has 8 nitrogen and oxygen atoms in total. The van der Waals surface area contributed by atoms with Crippen molar-refractivity contribution in [1.29, 1.82) is 0 Å². The van der Waals surface area contributed by atoms with Gasteiger partial charge in [-0.15, -0.1) is 0 Å². The van der Waals surface area contributed by atoms with Crippen molar-refractivity contribution in [2.45, 2.75) is 19.9 Å². The smallest absolute Gasteiger partial charge is 0.261 e. The molecule has 0 fully saturated rings. The van der Waals surface area contributed by atoms with E-state index in [4.69, 9.17) is 4.74 Å². The number of fused-ring (bicyclic) bond motifs is 1. The maximum atomic E-state index is 13.8. The molecule has 2 amide bonds. The predicted octanol–water partition coefficient (Wildman–Crippen LogP) is 5.52. The fraction of sp³-hybridized carbons (Fsp3) is 0.138. The fourth-order valence-electron chi connectivity index (χ4n) is 4.46. The van der Waals surface area contributed by atoms with Crippen LogP contribution in [0.3, 0.4) is 0 Å². The summed E-state index contributed by atoms with van der Waals surface area (Å²) >= 11 is 0. The normalized spacial score (nSPS) is 14.4. The standard InChI is InChI=1S/C29H26FN5O3/c1-17-5-4-6-22(15-17)34-28(36)24-16-31-35-26(19-7-9-20(30)10-8-19)25(18(2)32-27(24)35)29(37)33-21-11-13-23(38-3)14-12-21/h4-16,26,32H,1-3H3,(H,33,37)(H,34,36)/t26-/m0/s1. The van der Waals surface area contributed by atoms with E-state index in [0.717, 1.165) is 5.56 Å². The molecule has 5 rings (SSSR count). The SMILES string of the molecule is COc1ccc(NC(=O)C2=C(C)Nc3c(C(=O)Nc4cccc(C)c4)cnn3[C@H]2c2ccc(F)cc2)cc1. The van der Waals surface area contributed by atoms with E-state index in [2.05, 4.69) is 21.0 Å². The molecule has 9 heteroatoms. The molecule has 0 bridgehead atoms. The Morgan fingerprint density at radius 2 is 1.66 bits per heavy atom. The lowest BCUT2D eigenvalue weighted by molar-refractivity contribution is -0.113. The monoisotopic (exact) mass is 511 g/mol. The highest BCUT2D eigenvalue weighted by atomic mass is 19.1. The third-order valence-electron chi connectivity index (χ3n) is 6.32. The van der Waals surface area contributed by atoms with Crippen molar-refractivity contribution in [1.82, 2.24) is 9.78 Å². The van der Waals surface area contributed by atoms with Crippen molar-refractivity contribution < 1.29 is 18.7 Å². The molecule has 0 radical (unpaired) electrons. The highest BCUT2D eigenvalue weighted by Gasteiger charge is 2.35. The number of ether oxygens (including phenoxy) is 1. The van der Waals surface area contributed by atoms with Crippen molar-refractivity contribution in [3.05, 3.63) is 113 Å². The number of rotatable bonds is 6. The molecular weight excluding hydrogens is 485 g/mol. The molecule has 0 saturated carbocycles. The number of methoxy groups -OCH3 is 1. The van der Waals surface area contributed by atoms with E-state index in [0.29, 0.717) is 45.3 Å². The first-order chi connectivity index (χ1) is 18.3. The van der Waals surface area contributed by atoms with Crippen LogP contribution < -0.4 is 20.7 Å². The summed E-state index contributed by atoms with van der Waals surface area (Å²) in [4.78, 5) is 26.8. The third kappa shape index (κ3) is 4.86. The van der Waals surface area contributed by atoms with Gasteiger partial charge in [0.05, 0.1) is 18.9 Å². The second kappa shape index (κ2) is 10.2. The Bertz CT molecular complexity index is 1540. The molecule has 4 aromatic rings. The molecule has 1 aliphatic rings. The van der Waals surface area contributed by atoms with Gasteiger partial charge in [-0.2, -0.15) is 5.10 Å². The van der Waals surface area contributed by atoms with Crippen LogP contribution in [-0.4, -0.2) is 28.7 Å². The second-order valence-corrected chi connectivity index (χ2v) is 8.98. The largest absolute Gasteiger partial charge is 0.497 e. The van der Waals surface area contributed by atoms with Crippen LogP contribution in [0.4, 0.5) is 21.6 Å². The van der Waals surface area contributed by atoms with Gasteiger partial charge in [-0.25, -0.2) is 9.07 Å². The first-order valence-corrected chi connectivity index (χ1v) is 12.0. The zero-order valence-corrected chi connectivity index (χ0v) is 21.1. The molecule has 0 saturated heterocycles. The quantitative estimate of drug-likeness (QED) is 0.317. The van der Waals surface area contributed by atoms with Gasteiger partial charge in [0.1, 0.15) is 29.0 Å². The molecule has 0 aliphatic carbocycles. The number of nitrogens with one attached hydrogen (secondary N) is 3. The maximum absolute atomic E-state index is 13.8. The van der Waals surface area contributed by atoms with E-state index in [-0.39, 0.29) is 11.8 Å². The van der Waals surface area contributed by atoms with Crippen LogP contribution in [0.25, 0.3) is 0 Å². The van der Waals surface area contributed by atoms with Gasteiger partial charge < -0.3 is 20.7 Å². The topological polar surface area (TPSA) is 97.3 Å². The first-order valence-electron chi connectivity index (χ1n) is 12.0. The molecule has 3 aromatic carbocycles. The number of hydrogen-bond acceptors (Lipinski definition) is 5. The lowest BCUT2D eigenvalue weighted by Crippen LogP contribution is -2.32. The van der Waals surface area contributed by atoms with Crippen molar-refractivity contribution in [2.24, 2.45) is 0 Å².